The van der Waals surface area contributed by atoms with Crippen molar-refractivity contribution in [2.45, 2.75) is 38.7 Å². The molecule has 0 aromatic heterocycles. The van der Waals surface area contributed by atoms with Gasteiger partial charge in [-0.3, -0.25) is 4.79 Å². The van der Waals surface area contributed by atoms with E-state index in [-0.39, 0.29) is 18.2 Å². The lowest BCUT2D eigenvalue weighted by Gasteiger charge is -2.33. The maximum absolute atomic E-state index is 12.6. The predicted molar refractivity (Wildman–Crippen MR) is 89.7 cm³/mol. The van der Waals surface area contributed by atoms with E-state index in [2.05, 4.69) is 0 Å². The minimum Gasteiger partial charge on any atom is -0.497 e. The summed E-state index contributed by atoms with van der Waals surface area (Å²) < 4.78 is 15.9. The number of hydrogen-bond donors (Lipinski definition) is 0. The Hall–Kier alpha value is -2.24. The Balaban J connectivity index is 2.12. The van der Waals surface area contributed by atoms with Crippen molar-refractivity contribution in [3.63, 3.8) is 0 Å². The molecule has 24 heavy (non-hydrogen) atoms. The molecule has 1 atom stereocenters. The van der Waals surface area contributed by atoms with Crippen molar-refractivity contribution in [1.29, 1.82) is 0 Å². The summed E-state index contributed by atoms with van der Waals surface area (Å²) in [7, 11) is 3.15. The van der Waals surface area contributed by atoms with Crippen molar-refractivity contribution in [2.24, 2.45) is 0 Å². The highest BCUT2D eigenvalue weighted by atomic mass is 16.6. The van der Waals surface area contributed by atoms with Gasteiger partial charge < -0.3 is 19.1 Å². The summed E-state index contributed by atoms with van der Waals surface area (Å²) in [6.07, 6.45) is 0.0943. The average molecular weight is 335 g/mol. The minimum absolute atomic E-state index is 0.0180. The number of carbonyl (C=O) groups is 2. The zero-order valence-electron chi connectivity index (χ0n) is 14.9. The van der Waals surface area contributed by atoms with Gasteiger partial charge >= 0.3 is 6.09 Å². The molecule has 0 N–H and O–H groups in total. The molecular formula is C18H25NO5. The fourth-order valence-corrected chi connectivity index (χ4v) is 2.74. The fourth-order valence-electron chi connectivity index (χ4n) is 2.74. The van der Waals surface area contributed by atoms with Crippen LogP contribution in [0, 0.1) is 0 Å². The number of ketones is 1. The second-order valence-electron chi connectivity index (χ2n) is 6.82. The molecule has 1 aliphatic rings. The van der Waals surface area contributed by atoms with E-state index in [1.165, 1.54) is 4.90 Å². The van der Waals surface area contributed by atoms with E-state index in [0.717, 1.165) is 5.56 Å². The number of likely N-dealkylation sites (tertiary alicyclic amines) is 1. The number of ether oxygens (including phenoxy) is 3. The fraction of sp³-hybridized carbons (Fsp3) is 0.556. The van der Waals surface area contributed by atoms with E-state index < -0.39 is 11.7 Å². The van der Waals surface area contributed by atoms with Crippen LogP contribution in [0.4, 0.5) is 4.79 Å². The molecule has 1 aromatic carbocycles. The summed E-state index contributed by atoms with van der Waals surface area (Å²) in [5.41, 5.74) is 0.253. The molecule has 2 rings (SSSR count). The maximum Gasteiger partial charge on any atom is 0.410 e. The summed E-state index contributed by atoms with van der Waals surface area (Å²) in [5, 5.41) is 0. The van der Waals surface area contributed by atoms with E-state index in [0.29, 0.717) is 24.5 Å². The van der Waals surface area contributed by atoms with E-state index in [4.69, 9.17) is 14.2 Å². The molecule has 1 aromatic rings. The molecule has 1 saturated heterocycles. The zero-order chi connectivity index (χ0) is 17.9. The van der Waals surface area contributed by atoms with Gasteiger partial charge in [-0.25, -0.2) is 4.79 Å². The van der Waals surface area contributed by atoms with E-state index in [9.17, 15) is 9.59 Å². The molecule has 1 aliphatic heterocycles. The number of benzene rings is 1. The summed E-state index contributed by atoms with van der Waals surface area (Å²) >= 11 is 0. The number of piperidine rings is 1. The second kappa shape index (κ2) is 7.11. The Morgan fingerprint density at radius 2 is 1.92 bits per heavy atom. The summed E-state index contributed by atoms with van der Waals surface area (Å²) in [6.45, 7) is 5.94. The highest BCUT2D eigenvalue weighted by molar-refractivity contribution is 5.91. The Labute approximate surface area is 142 Å². The number of methoxy groups -OCH3 is 2. The third-order valence-electron chi connectivity index (χ3n) is 3.89. The lowest BCUT2D eigenvalue weighted by Crippen LogP contribution is -2.45. The van der Waals surface area contributed by atoms with Crippen molar-refractivity contribution >= 4 is 11.9 Å². The first-order chi connectivity index (χ1) is 11.2. The van der Waals surface area contributed by atoms with Crippen molar-refractivity contribution in [3.8, 4) is 11.5 Å². The normalized spacial score (nSPS) is 18.3. The maximum atomic E-state index is 12.6. The molecule has 0 bridgehead atoms. The van der Waals surface area contributed by atoms with Gasteiger partial charge in [-0.1, -0.05) is 6.07 Å². The molecule has 0 saturated carbocycles. The molecule has 1 fully saturated rings. The van der Waals surface area contributed by atoms with Gasteiger partial charge in [-0.05, 0) is 33.3 Å². The number of hydrogen-bond acceptors (Lipinski definition) is 5. The molecular weight excluding hydrogens is 310 g/mol. The topological polar surface area (TPSA) is 65.1 Å². The van der Waals surface area contributed by atoms with Crippen LogP contribution in [-0.2, 0) is 9.53 Å². The van der Waals surface area contributed by atoms with Gasteiger partial charge in [-0.2, -0.15) is 0 Å². The summed E-state index contributed by atoms with van der Waals surface area (Å²) in [4.78, 5) is 26.1. The molecule has 0 spiro atoms. The number of Topliss-reactive ketones (excluding diaryl/α,β-unsaturated/α-hetero) is 1. The molecule has 1 heterocycles. The molecule has 1 amide bonds. The van der Waals surface area contributed by atoms with Gasteiger partial charge in [0, 0.05) is 24.1 Å². The van der Waals surface area contributed by atoms with Crippen LogP contribution in [0.5, 0.6) is 11.5 Å². The number of nitrogens with zero attached hydrogens (tertiary/aromatic N) is 1. The highest BCUT2D eigenvalue weighted by Crippen LogP contribution is 2.35. The predicted octanol–water partition coefficient (Wildman–Crippen LogP) is 3.00. The van der Waals surface area contributed by atoms with Gasteiger partial charge in [0.1, 0.15) is 17.1 Å². The smallest absolute Gasteiger partial charge is 0.410 e. The first-order valence-electron chi connectivity index (χ1n) is 7.97. The van der Waals surface area contributed by atoms with Crippen LogP contribution in [0.2, 0.25) is 0 Å². The van der Waals surface area contributed by atoms with Gasteiger partial charge in [0.15, 0.2) is 5.78 Å². The number of carbonyl (C=O) groups excluding carboxylic acids is 2. The Morgan fingerprint density at radius 1 is 1.21 bits per heavy atom. The van der Waals surface area contributed by atoms with Crippen LogP contribution in [0.25, 0.3) is 0 Å². The Bertz CT molecular complexity index is 620. The number of rotatable bonds is 3. The number of amides is 1. The van der Waals surface area contributed by atoms with Crippen LogP contribution in [-0.4, -0.2) is 49.7 Å². The van der Waals surface area contributed by atoms with Crippen molar-refractivity contribution in [3.05, 3.63) is 23.8 Å². The second-order valence-corrected chi connectivity index (χ2v) is 6.82. The quantitative estimate of drug-likeness (QED) is 0.849. The Kier molecular flexibility index (Phi) is 5.36. The largest absolute Gasteiger partial charge is 0.497 e. The van der Waals surface area contributed by atoms with Crippen LogP contribution < -0.4 is 9.47 Å². The van der Waals surface area contributed by atoms with Gasteiger partial charge in [0.05, 0.1) is 20.8 Å². The molecule has 6 nitrogen and oxygen atoms in total. The molecule has 132 valence electrons. The molecule has 0 radical (unpaired) electrons. The molecule has 0 unspecified atom stereocenters. The van der Waals surface area contributed by atoms with Crippen LogP contribution >= 0.6 is 0 Å². The van der Waals surface area contributed by atoms with Gasteiger partial charge in [-0.15, -0.1) is 0 Å². The van der Waals surface area contributed by atoms with Crippen molar-refractivity contribution < 1.29 is 23.8 Å². The van der Waals surface area contributed by atoms with E-state index in [1.54, 1.807) is 20.3 Å². The standard InChI is InChI=1S/C18H25NO5/c1-18(2,3)24-17(21)19-9-8-13(15(20)11-19)14-7-6-12(22-4)10-16(14)23-5/h6-7,10,13H,8-9,11H2,1-5H3/t13-/m0/s1. The van der Waals surface area contributed by atoms with Crippen LogP contribution in [0.15, 0.2) is 18.2 Å². The highest BCUT2D eigenvalue weighted by Gasteiger charge is 2.34. The SMILES string of the molecule is COc1ccc([C@@H]2CCN(C(=O)OC(C)(C)C)CC2=O)c(OC)c1. The first-order valence-corrected chi connectivity index (χ1v) is 7.97. The van der Waals surface area contributed by atoms with Gasteiger partial charge in [0.2, 0.25) is 0 Å². The summed E-state index contributed by atoms with van der Waals surface area (Å²) in [5.74, 6) is 0.993. The Morgan fingerprint density at radius 3 is 2.46 bits per heavy atom. The molecule has 6 heteroatoms. The average Bonchev–Trinajstić information content (AvgIpc) is 2.52. The minimum atomic E-state index is -0.573. The first kappa shape index (κ1) is 18.1. The third-order valence-corrected chi connectivity index (χ3v) is 3.89. The zero-order valence-corrected chi connectivity index (χ0v) is 14.9. The third kappa shape index (κ3) is 4.19. The molecule has 0 aliphatic carbocycles. The van der Waals surface area contributed by atoms with Gasteiger partial charge in [0.25, 0.3) is 0 Å². The van der Waals surface area contributed by atoms with E-state index in [1.807, 2.05) is 32.9 Å². The lowest BCUT2D eigenvalue weighted by molar-refractivity contribution is -0.123. The van der Waals surface area contributed by atoms with E-state index >= 15 is 0 Å². The van der Waals surface area contributed by atoms with Crippen molar-refractivity contribution in [2.75, 3.05) is 27.3 Å². The summed E-state index contributed by atoms with van der Waals surface area (Å²) in [6, 6.07) is 5.43. The monoisotopic (exact) mass is 335 g/mol. The van der Waals surface area contributed by atoms with Crippen LogP contribution in [0.1, 0.15) is 38.7 Å². The van der Waals surface area contributed by atoms with Crippen LogP contribution in [0.3, 0.4) is 0 Å². The van der Waals surface area contributed by atoms with Crippen molar-refractivity contribution in [1.82, 2.24) is 4.90 Å². The lowest BCUT2D eigenvalue weighted by atomic mass is 9.87.